The lowest BCUT2D eigenvalue weighted by Gasteiger charge is -2.08. The molecule has 0 saturated carbocycles. The Morgan fingerprint density at radius 1 is 1.40 bits per heavy atom. The molecular weight excluding hydrogens is 275 g/mol. The van der Waals surface area contributed by atoms with Gasteiger partial charge in [-0.2, -0.15) is 0 Å². The molecular formula is C13H10F3NO3. The van der Waals surface area contributed by atoms with Crippen molar-refractivity contribution in [3.63, 3.8) is 0 Å². The molecule has 0 radical (unpaired) electrons. The third-order valence-corrected chi connectivity index (χ3v) is 2.63. The molecule has 0 aliphatic carbocycles. The van der Waals surface area contributed by atoms with E-state index in [4.69, 9.17) is 5.11 Å². The monoisotopic (exact) mass is 285 g/mol. The van der Waals surface area contributed by atoms with E-state index in [1.165, 1.54) is 24.3 Å². The topological polar surface area (TPSA) is 51.5 Å². The Bertz CT molecular complexity index is 686. The first-order valence-electron chi connectivity index (χ1n) is 5.52. The van der Waals surface area contributed by atoms with Gasteiger partial charge in [-0.05, 0) is 24.3 Å². The smallest absolute Gasteiger partial charge is 0.478 e. The number of carboxylic acids is 1. The van der Waals surface area contributed by atoms with Gasteiger partial charge < -0.3 is 14.4 Å². The SMILES string of the molecule is Cn1cc(/C=C\C(=O)O)c2cc(OC(F)(F)F)ccc21. The van der Waals surface area contributed by atoms with Gasteiger partial charge in [-0.3, -0.25) is 0 Å². The van der Waals surface area contributed by atoms with E-state index in [-0.39, 0.29) is 5.75 Å². The second-order valence-corrected chi connectivity index (χ2v) is 4.09. The van der Waals surface area contributed by atoms with Gasteiger partial charge >= 0.3 is 12.3 Å². The molecule has 0 amide bonds. The Labute approximate surface area is 111 Å². The van der Waals surface area contributed by atoms with Gasteiger partial charge in [0.15, 0.2) is 0 Å². The molecule has 1 aromatic heterocycles. The van der Waals surface area contributed by atoms with Gasteiger partial charge in [0.1, 0.15) is 5.75 Å². The zero-order valence-electron chi connectivity index (χ0n) is 10.3. The fraction of sp³-hybridized carbons (Fsp3) is 0.154. The van der Waals surface area contributed by atoms with E-state index < -0.39 is 12.3 Å². The number of rotatable bonds is 3. The summed E-state index contributed by atoms with van der Waals surface area (Å²) in [6.07, 6.45) is -0.894. The van der Waals surface area contributed by atoms with Gasteiger partial charge in [0.25, 0.3) is 0 Å². The summed E-state index contributed by atoms with van der Waals surface area (Å²) in [6.45, 7) is 0. The highest BCUT2D eigenvalue weighted by Gasteiger charge is 2.31. The minimum atomic E-state index is -4.76. The third-order valence-electron chi connectivity index (χ3n) is 2.63. The summed E-state index contributed by atoms with van der Waals surface area (Å²) in [6, 6.07) is 3.92. The van der Waals surface area contributed by atoms with Crippen LogP contribution in [0, 0.1) is 0 Å². The number of aryl methyl sites for hydroxylation is 1. The van der Waals surface area contributed by atoms with Gasteiger partial charge in [-0.25, -0.2) is 4.79 Å². The molecule has 0 aliphatic heterocycles. The summed E-state index contributed by atoms with van der Waals surface area (Å²) in [5.41, 5.74) is 1.17. The fourth-order valence-electron chi connectivity index (χ4n) is 1.89. The van der Waals surface area contributed by atoms with Crippen molar-refractivity contribution in [3.05, 3.63) is 36.0 Å². The average molecular weight is 285 g/mol. The molecule has 0 unspecified atom stereocenters. The summed E-state index contributed by atoms with van der Waals surface area (Å²) in [7, 11) is 1.71. The van der Waals surface area contributed by atoms with Crippen LogP contribution in [-0.2, 0) is 11.8 Å². The van der Waals surface area contributed by atoms with Gasteiger partial charge in [0.05, 0.1) is 0 Å². The van der Waals surface area contributed by atoms with Crippen LogP contribution in [0.15, 0.2) is 30.5 Å². The number of fused-ring (bicyclic) bond motifs is 1. The Hall–Kier alpha value is -2.44. The molecule has 106 valence electrons. The van der Waals surface area contributed by atoms with Crippen LogP contribution in [0.1, 0.15) is 5.56 Å². The number of aliphatic carboxylic acids is 1. The molecule has 0 saturated heterocycles. The molecule has 0 spiro atoms. The van der Waals surface area contributed by atoms with Crippen molar-refractivity contribution < 1.29 is 27.8 Å². The number of aromatic nitrogens is 1. The lowest BCUT2D eigenvalue weighted by molar-refractivity contribution is -0.274. The number of alkyl halides is 3. The Morgan fingerprint density at radius 3 is 2.70 bits per heavy atom. The first kappa shape index (κ1) is 14.0. The number of ether oxygens (including phenoxy) is 1. The van der Waals surface area contributed by atoms with Crippen LogP contribution in [0.4, 0.5) is 13.2 Å². The Kier molecular flexibility index (Phi) is 3.44. The number of hydrogen-bond acceptors (Lipinski definition) is 2. The molecule has 0 atom stereocenters. The third kappa shape index (κ3) is 3.11. The summed E-state index contributed by atoms with van der Waals surface area (Å²) in [4.78, 5) is 10.5. The Balaban J connectivity index is 2.49. The van der Waals surface area contributed by atoms with E-state index in [0.717, 1.165) is 6.08 Å². The van der Waals surface area contributed by atoms with E-state index in [0.29, 0.717) is 16.5 Å². The van der Waals surface area contributed by atoms with Crippen molar-refractivity contribution in [2.45, 2.75) is 6.36 Å². The van der Waals surface area contributed by atoms with E-state index in [1.807, 2.05) is 0 Å². The molecule has 1 heterocycles. The van der Waals surface area contributed by atoms with Crippen molar-refractivity contribution in [3.8, 4) is 5.75 Å². The zero-order chi connectivity index (χ0) is 14.9. The number of carbonyl (C=O) groups is 1. The van der Waals surface area contributed by atoms with Gasteiger partial charge in [-0.1, -0.05) is 0 Å². The molecule has 20 heavy (non-hydrogen) atoms. The summed E-state index contributed by atoms with van der Waals surface area (Å²) in [5.74, 6) is -1.48. The van der Waals surface area contributed by atoms with Crippen molar-refractivity contribution in [1.82, 2.24) is 4.57 Å². The largest absolute Gasteiger partial charge is 0.573 e. The highest BCUT2D eigenvalue weighted by molar-refractivity contribution is 5.94. The summed E-state index contributed by atoms with van der Waals surface area (Å²) < 4.78 is 42.1. The van der Waals surface area contributed by atoms with Crippen molar-refractivity contribution in [1.29, 1.82) is 0 Å². The van der Waals surface area contributed by atoms with Crippen LogP contribution in [-0.4, -0.2) is 22.0 Å². The van der Waals surface area contributed by atoms with E-state index >= 15 is 0 Å². The fourth-order valence-corrected chi connectivity index (χ4v) is 1.89. The molecule has 0 fully saturated rings. The molecule has 1 aromatic carbocycles. The normalized spacial score (nSPS) is 12.2. The predicted octanol–water partition coefficient (Wildman–Crippen LogP) is 3.17. The number of hydrogen-bond donors (Lipinski definition) is 1. The van der Waals surface area contributed by atoms with Crippen LogP contribution >= 0.6 is 0 Å². The number of carboxylic acid groups (broad SMARTS) is 1. The molecule has 0 aliphatic rings. The van der Waals surface area contributed by atoms with Crippen LogP contribution in [0.2, 0.25) is 0 Å². The number of nitrogens with zero attached hydrogens (tertiary/aromatic N) is 1. The molecule has 1 N–H and O–H groups in total. The zero-order valence-corrected chi connectivity index (χ0v) is 10.3. The first-order chi connectivity index (χ1) is 9.26. The van der Waals surface area contributed by atoms with Gasteiger partial charge in [-0.15, -0.1) is 13.2 Å². The van der Waals surface area contributed by atoms with Crippen LogP contribution < -0.4 is 4.74 Å². The Morgan fingerprint density at radius 2 is 2.10 bits per heavy atom. The van der Waals surface area contributed by atoms with Crippen LogP contribution in [0.5, 0.6) is 5.75 Å². The van der Waals surface area contributed by atoms with Gasteiger partial charge in [0, 0.05) is 35.8 Å². The molecule has 7 heteroatoms. The summed E-state index contributed by atoms with van der Waals surface area (Å²) in [5, 5.41) is 9.07. The predicted molar refractivity (Wildman–Crippen MR) is 66.3 cm³/mol. The maximum Gasteiger partial charge on any atom is 0.573 e. The van der Waals surface area contributed by atoms with Crippen molar-refractivity contribution in [2.75, 3.05) is 0 Å². The van der Waals surface area contributed by atoms with E-state index in [1.54, 1.807) is 17.8 Å². The number of halogens is 3. The minimum Gasteiger partial charge on any atom is -0.478 e. The quantitative estimate of drug-likeness (QED) is 0.881. The number of benzene rings is 1. The highest BCUT2D eigenvalue weighted by Crippen LogP contribution is 2.29. The van der Waals surface area contributed by atoms with E-state index in [2.05, 4.69) is 4.74 Å². The molecule has 2 aromatic rings. The standard InChI is InChI=1S/C13H10F3NO3/c1-17-7-8(2-5-12(18)19)10-6-9(3-4-11(10)17)20-13(14,15)16/h2-7H,1H3,(H,18,19)/b5-2-. The lowest BCUT2D eigenvalue weighted by atomic mass is 10.1. The van der Waals surface area contributed by atoms with Crippen LogP contribution in [0.3, 0.4) is 0 Å². The summed E-state index contributed by atoms with van der Waals surface area (Å²) >= 11 is 0. The molecule has 4 nitrogen and oxygen atoms in total. The molecule has 0 bridgehead atoms. The second kappa shape index (κ2) is 4.92. The van der Waals surface area contributed by atoms with E-state index in [9.17, 15) is 18.0 Å². The lowest BCUT2D eigenvalue weighted by Crippen LogP contribution is -2.16. The highest BCUT2D eigenvalue weighted by atomic mass is 19.4. The maximum atomic E-state index is 12.2. The second-order valence-electron chi connectivity index (χ2n) is 4.09. The van der Waals surface area contributed by atoms with Crippen molar-refractivity contribution >= 4 is 22.9 Å². The van der Waals surface area contributed by atoms with Gasteiger partial charge in [0.2, 0.25) is 0 Å². The minimum absolute atomic E-state index is 0.346. The average Bonchev–Trinajstić information content (AvgIpc) is 2.61. The molecule has 2 rings (SSSR count). The maximum absolute atomic E-state index is 12.2. The van der Waals surface area contributed by atoms with Crippen molar-refractivity contribution in [2.24, 2.45) is 7.05 Å². The first-order valence-corrected chi connectivity index (χ1v) is 5.52. The van der Waals surface area contributed by atoms with Crippen LogP contribution in [0.25, 0.3) is 17.0 Å².